The van der Waals surface area contributed by atoms with E-state index in [1.54, 1.807) is 6.08 Å². The molecule has 0 aromatic carbocycles. The fourth-order valence-electron chi connectivity index (χ4n) is 8.92. The Bertz CT molecular complexity index is 1460. The Morgan fingerprint density at radius 3 is 1.32 bits per heavy atom. The Morgan fingerprint density at radius 1 is 0.479 bits per heavy atom. The minimum Gasteiger partial charge on any atom is -0.394 e. The molecular weight excluding hydrogens is 911 g/mol. The molecule has 1 amide bonds. The molecular formula is C64H111NO8. The lowest BCUT2D eigenvalue weighted by molar-refractivity contribution is -0.302. The lowest BCUT2D eigenvalue weighted by Gasteiger charge is -2.40. The van der Waals surface area contributed by atoms with Crippen LogP contribution in [0.4, 0.5) is 0 Å². The maximum Gasteiger partial charge on any atom is 0.220 e. The van der Waals surface area contributed by atoms with Gasteiger partial charge in [0.05, 0.1) is 25.4 Å². The minimum atomic E-state index is -1.58. The van der Waals surface area contributed by atoms with Crippen molar-refractivity contribution in [3.63, 3.8) is 0 Å². The van der Waals surface area contributed by atoms with E-state index in [1.165, 1.54) is 135 Å². The molecule has 0 aromatic rings. The molecule has 7 atom stereocenters. The molecule has 0 spiro atoms. The summed E-state index contributed by atoms with van der Waals surface area (Å²) in [4.78, 5) is 13.1. The second kappa shape index (κ2) is 52.5. The molecule has 1 saturated heterocycles. The first kappa shape index (κ1) is 68.1. The first-order valence-corrected chi connectivity index (χ1v) is 30.0. The Hall–Kier alpha value is -2.89. The number of nitrogens with one attached hydrogen (secondary N) is 1. The van der Waals surface area contributed by atoms with Crippen molar-refractivity contribution >= 4 is 5.91 Å². The highest BCUT2D eigenvalue weighted by Crippen LogP contribution is 2.23. The first-order valence-electron chi connectivity index (χ1n) is 30.0. The Labute approximate surface area is 447 Å². The van der Waals surface area contributed by atoms with Gasteiger partial charge in [0.15, 0.2) is 6.29 Å². The van der Waals surface area contributed by atoms with Gasteiger partial charge in [-0.15, -0.1) is 0 Å². The summed E-state index contributed by atoms with van der Waals surface area (Å²) in [5.74, 6) is -0.200. The average molecular weight is 1020 g/mol. The topological polar surface area (TPSA) is 149 Å². The second-order valence-corrected chi connectivity index (χ2v) is 20.4. The van der Waals surface area contributed by atoms with Crippen LogP contribution >= 0.6 is 0 Å². The summed E-state index contributed by atoms with van der Waals surface area (Å²) >= 11 is 0. The third-order valence-electron chi connectivity index (χ3n) is 13.6. The van der Waals surface area contributed by atoms with Crippen molar-refractivity contribution in [1.82, 2.24) is 5.32 Å². The number of hydrogen-bond donors (Lipinski definition) is 6. The van der Waals surface area contributed by atoms with Crippen molar-refractivity contribution < 1.29 is 39.8 Å². The number of rotatable bonds is 50. The third kappa shape index (κ3) is 42.0. The molecule has 0 bridgehead atoms. The Balaban J connectivity index is 2.27. The molecule has 1 rings (SSSR count). The number of carbonyl (C=O) groups excluding carboxylic acids is 1. The molecule has 0 radical (unpaired) electrons. The number of carbonyl (C=O) groups is 1. The summed E-state index contributed by atoms with van der Waals surface area (Å²) in [6.45, 7) is 3.65. The van der Waals surface area contributed by atoms with E-state index < -0.39 is 49.5 Å². The van der Waals surface area contributed by atoms with Crippen LogP contribution in [0, 0.1) is 0 Å². The van der Waals surface area contributed by atoms with Crippen molar-refractivity contribution in [2.24, 2.45) is 0 Å². The van der Waals surface area contributed by atoms with Crippen LogP contribution in [0.5, 0.6) is 0 Å². The highest BCUT2D eigenvalue weighted by molar-refractivity contribution is 5.76. The second-order valence-electron chi connectivity index (χ2n) is 20.4. The van der Waals surface area contributed by atoms with Gasteiger partial charge < -0.3 is 40.3 Å². The van der Waals surface area contributed by atoms with Crippen LogP contribution in [0.1, 0.15) is 245 Å². The first-order chi connectivity index (χ1) is 35.8. The number of hydrogen-bond acceptors (Lipinski definition) is 8. The third-order valence-corrected chi connectivity index (χ3v) is 13.6. The predicted molar refractivity (Wildman–Crippen MR) is 308 cm³/mol. The number of amides is 1. The van der Waals surface area contributed by atoms with Crippen LogP contribution < -0.4 is 5.32 Å². The number of aliphatic hydroxyl groups excluding tert-OH is 5. The summed E-state index contributed by atoms with van der Waals surface area (Å²) in [6, 6.07) is -0.839. The predicted octanol–water partition coefficient (Wildman–Crippen LogP) is 15.2. The largest absolute Gasteiger partial charge is 0.394 e. The average Bonchev–Trinajstić information content (AvgIpc) is 3.39. The van der Waals surface area contributed by atoms with E-state index in [-0.39, 0.29) is 12.5 Å². The molecule has 6 N–H and O–H groups in total. The van der Waals surface area contributed by atoms with Crippen LogP contribution in [-0.4, -0.2) is 87.5 Å². The van der Waals surface area contributed by atoms with Gasteiger partial charge in [-0.1, -0.05) is 246 Å². The fourth-order valence-corrected chi connectivity index (χ4v) is 8.92. The SMILES string of the molecule is CC/C=C\C/C=C\C/C=C\C/C=C\C/C=C\CCCCCCCCCCCC(=O)NC(COC1OC(CO)C(O)C(O)C1O)C(O)/C=C/CC/C=C/CC/C=C/CCCCCCCCCCCCCCCCC. The van der Waals surface area contributed by atoms with Gasteiger partial charge in [0.2, 0.25) is 5.91 Å². The van der Waals surface area contributed by atoms with Crippen molar-refractivity contribution in [2.45, 2.75) is 288 Å². The molecule has 1 aliphatic heterocycles. The van der Waals surface area contributed by atoms with E-state index in [2.05, 4.69) is 104 Å². The number of unbranched alkanes of at least 4 members (excludes halogenated alkanes) is 26. The quantitative estimate of drug-likeness (QED) is 0.0261. The van der Waals surface area contributed by atoms with Crippen LogP contribution in [-0.2, 0) is 14.3 Å². The lowest BCUT2D eigenvalue weighted by atomic mass is 9.99. The van der Waals surface area contributed by atoms with Gasteiger partial charge in [-0.3, -0.25) is 4.79 Å². The van der Waals surface area contributed by atoms with Crippen LogP contribution in [0.15, 0.2) is 97.2 Å². The highest BCUT2D eigenvalue weighted by Gasteiger charge is 2.44. The number of allylic oxidation sites excluding steroid dienone is 15. The van der Waals surface area contributed by atoms with E-state index in [0.29, 0.717) is 6.42 Å². The molecule has 9 heteroatoms. The van der Waals surface area contributed by atoms with Gasteiger partial charge in [0.1, 0.15) is 24.4 Å². The van der Waals surface area contributed by atoms with E-state index >= 15 is 0 Å². The monoisotopic (exact) mass is 1020 g/mol. The Morgan fingerprint density at radius 2 is 0.863 bits per heavy atom. The zero-order chi connectivity index (χ0) is 52.9. The number of aliphatic hydroxyl groups is 5. The zero-order valence-electron chi connectivity index (χ0n) is 46.6. The van der Waals surface area contributed by atoms with Crippen LogP contribution in [0.2, 0.25) is 0 Å². The smallest absolute Gasteiger partial charge is 0.220 e. The summed E-state index contributed by atoms with van der Waals surface area (Å²) in [6.07, 6.45) is 69.0. The maximum absolute atomic E-state index is 13.1. The van der Waals surface area contributed by atoms with E-state index in [1.807, 2.05) is 6.08 Å². The Kier molecular flexibility index (Phi) is 49.0. The van der Waals surface area contributed by atoms with Crippen molar-refractivity contribution in [3.05, 3.63) is 97.2 Å². The van der Waals surface area contributed by atoms with Crippen molar-refractivity contribution in [1.29, 1.82) is 0 Å². The highest BCUT2D eigenvalue weighted by atomic mass is 16.7. The molecule has 7 unspecified atom stereocenters. The molecule has 0 aliphatic carbocycles. The molecule has 1 heterocycles. The minimum absolute atomic E-state index is 0.200. The summed E-state index contributed by atoms with van der Waals surface area (Å²) in [5, 5.41) is 54.5. The van der Waals surface area contributed by atoms with Gasteiger partial charge in [-0.05, 0) is 89.9 Å². The van der Waals surface area contributed by atoms with Crippen molar-refractivity contribution in [2.75, 3.05) is 13.2 Å². The molecule has 0 aromatic heterocycles. The van der Waals surface area contributed by atoms with E-state index in [9.17, 15) is 30.3 Å². The van der Waals surface area contributed by atoms with Gasteiger partial charge >= 0.3 is 0 Å². The molecule has 420 valence electrons. The van der Waals surface area contributed by atoms with Gasteiger partial charge in [0, 0.05) is 6.42 Å². The zero-order valence-corrected chi connectivity index (χ0v) is 46.6. The molecule has 0 saturated carbocycles. The lowest BCUT2D eigenvalue weighted by Crippen LogP contribution is -2.60. The van der Waals surface area contributed by atoms with E-state index in [0.717, 1.165) is 89.9 Å². The van der Waals surface area contributed by atoms with Gasteiger partial charge in [-0.25, -0.2) is 0 Å². The van der Waals surface area contributed by atoms with Gasteiger partial charge in [0.25, 0.3) is 0 Å². The number of ether oxygens (including phenoxy) is 2. The van der Waals surface area contributed by atoms with E-state index in [4.69, 9.17) is 9.47 Å². The van der Waals surface area contributed by atoms with Crippen molar-refractivity contribution in [3.8, 4) is 0 Å². The summed E-state index contributed by atoms with van der Waals surface area (Å²) in [5.41, 5.74) is 0. The molecule has 1 aliphatic rings. The van der Waals surface area contributed by atoms with Crippen LogP contribution in [0.3, 0.4) is 0 Å². The normalized spacial score (nSPS) is 19.8. The fraction of sp³-hybridized carbons (Fsp3) is 0.734. The molecule has 1 fully saturated rings. The standard InChI is InChI=1S/C64H111NO8/c1-3-5-7-9-11-13-15-17-19-21-23-25-27-29-31-33-35-37-39-41-43-45-47-49-51-53-58(67)57(56-72-64-63(71)62(70)61(69)59(55-66)73-64)65-60(68)54-52-50-48-46-44-42-40-38-36-34-32-30-28-26-24-22-20-18-16-14-12-10-8-6-4-2/h6,8,12,14,18,20,24,26,30,32,35,37,43,45,51,53,57-59,61-64,66-67,69-71H,3-5,7,9-11,13,15-17,19,21-23,25,27-29,31,33-34,36,38-42,44,46-50,52,54-56H2,1-2H3,(H,65,68)/b8-6-,14-12-,20-18-,26-24-,32-30-,37-35+,45-43+,53-51+. The maximum atomic E-state index is 13.1. The molecule has 9 nitrogen and oxygen atoms in total. The summed E-state index contributed by atoms with van der Waals surface area (Å²) < 4.78 is 11.3. The van der Waals surface area contributed by atoms with Crippen LogP contribution in [0.25, 0.3) is 0 Å². The molecule has 73 heavy (non-hydrogen) atoms. The van der Waals surface area contributed by atoms with Gasteiger partial charge in [-0.2, -0.15) is 0 Å². The summed E-state index contributed by atoms with van der Waals surface area (Å²) in [7, 11) is 0.